The highest BCUT2D eigenvalue weighted by Crippen LogP contribution is 2.20. The summed E-state index contributed by atoms with van der Waals surface area (Å²) < 4.78 is 1.67. The lowest BCUT2D eigenvalue weighted by atomic mass is 9.97. The number of nitrogens with zero attached hydrogens (tertiary/aromatic N) is 4. The number of unbranched alkanes of at least 4 members (excludes halogenated alkanes) is 1. The third-order valence-electron chi connectivity index (χ3n) is 6.38. The Kier molecular flexibility index (Phi) is 7.42. The number of nitrogen functional groups attached to an aromatic ring is 1. The molecule has 0 spiro atoms. The fourth-order valence-electron chi connectivity index (χ4n) is 4.38. The molecule has 1 aliphatic rings. The predicted octanol–water partition coefficient (Wildman–Crippen LogP) is 2.93. The molecule has 2 aromatic heterocycles. The molecular weight excluding hydrogens is 432 g/mol. The lowest BCUT2D eigenvalue weighted by Crippen LogP contribution is -2.35. The van der Waals surface area contributed by atoms with Gasteiger partial charge in [0, 0.05) is 19.3 Å². The molecular formula is C25H32N6O3. The summed E-state index contributed by atoms with van der Waals surface area (Å²) >= 11 is 0. The average Bonchev–Trinajstić information content (AvgIpc) is 2.82. The topological polar surface area (TPSA) is 126 Å². The second kappa shape index (κ2) is 10.6. The van der Waals surface area contributed by atoms with Crippen LogP contribution in [0.1, 0.15) is 43.7 Å². The molecule has 4 rings (SSSR count). The van der Waals surface area contributed by atoms with Crippen LogP contribution in [0.5, 0.6) is 0 Å². The van der Waals surface area contributed by atoms with E-state index in [1.54, 1.807) is 16.8 Å². The number of benzene rings is 1. The Morgan fingerprint density at radius 2 is 1.79 bits per heavy atom. The van der Waals surface area contributed by atoms with Crippen molar-refractivity contribution in [3.8, 4) is 0 Å². The van der Waals surface area contributed by atoms with Crippen molar-refractivity contribution >= 4 is 28.6 Å². The summed E-state index contributed by atoms with van der Waals surface area (Å²) in [5.74, 6) is -0.279. The van der Waals surface area contributed by atoms with Gasteiger partial charge < -0.3 is 20.7 Å². The van der Waals surface area contributed by atoms with Crippen molar-refractivity contribution in [3.63, 3.8) is 0 Å². The van der Waals surface area contributed by atoms with Crippen LogP contribution in [0, 0.1) is 5.92 Å². The smallest absolute Gasteiger partial charge is 0.306 e. The van der Waals surface area contributed by atoms with Crippen LogP contribution in [0.4, 0.5) is 11.8 Å². The molecule has 0 aliphatic carbocycles. The summed E-state index contributed by atoms with van der Waals surface area (Å²) in [6, 6.07) is 10.0. The van der Waals surface area contributed by atoms with Crippen LogP contribution in [0.25, 0.3) is 10.9 Å². The Balaban J connectivity index is 1.46. The number of rotatable bonds is 9. The van der Waals surface area contributed by atoms with E-state index < -0.39 is 5.97 Å². The number of anilines is 2. The molecule has 0 unspecified atom stereocenters. The molecule has 0 bridgehead atoms. The number of fused-ring (bicyclic) bond motifs is 1. The zero-order valence-corrected chi connectivity index (χ0v) is 19.5. The lowest BCUT2D eigenvalue weighted by Gasteiger charge is -2.30. The Hall–Kier alpha value is -3.46. The lowest BCUT2D eigenvalue weighted by molar-refractivity contribution is -0.143. The van der Waals surface area contributed by atoms with E-state index in [1.165, 1.54) is 5.56 Å². The molecule has 0 amide bonds. The zero-order chi connectivity index (χ0) is 24.1. The van der Waals surface area contributed by atoms with E-state index in [9.17, 15) is 9.59 Å². The summed E-state index contributed by atoms with van der Waals surface area (Å²) in [4.78, 5) is 35.2. The van der Waals surface area contributed by atoms with Crippen molar-refractivity contribution in [1.29, 1.82) is 0 Å². The number of aliphatic carboxylic acids is 1. The number of hydrogen-bond donors (Lipinski definition) is 3. The van der Waals surface area contributed by atoms with Crippen LogP contribution in [0.2, 0.25) is 0 Å². The molecule has 0 saturated carbocycles. The maximum Gasteiger partial charge on any atom is 0.306 e. The van der Waals surface area contributed by atoms with Gasteiger partial charge in [0.05, 0.1) is 18.0 Å². The highest BCUT2D eigenvalue weighted by molar-refractivity contribution is 5.89. The summed E-state index contributed by atoms with van der Waals surface area (Å²) in [5.41, 5.74) is 8.42. The normalized spacial score (nSPS) is 15.0. The van der Waals surface area contributed by atoms with Gasteiger partial charge in [-0.15, -0.1) is 0 Å². The number of likely N-dealkylation sites (tertiary alicyclic amines) is 1. The molecule has 1 aromatic carbocycles. The van der Waals surface area contributed by atoms with E-state index in [4.69, 9.17) is 10.8 Å². The standard InChI is InChI=1S/C25H32N6O3/c1-2-3-11-27-22-21-20(28-25(26)29-22)10-14-31(23(21)32)16-18-6-4-17(5-7-18)15-30-12-8-19(9-13-30)24(33)34/h4-7,10,14,19H,2-3,8-9,11-13,15-16H2,1H3,(H,33,34)(H3,26,27,28,29). The molecule has 1 saturated heterocycles. The van der Waals surface area contributed by atoms with Gasteiger partial charge in [-0.25, -0.2) is 4.98 Å². The minimum absolute atomic E-state index is 0.145. The number of nitrogens with two attached hydrogens (primary N) is 1. The van der Waals surface area contributed by atoms with Crippen LogP contribution in [-0.2, 0) is 17.9 Å². The van der Waals surface area contributed by atoms with Crippen molar-refractivity contribution in [2.24, 2.45) is 5.92 Å². The third-order valence-corrected chi connectivity index (χ3v) is 6.38. The second-order valence-electron chi connectivity index (χ2n) is 8.92. The molecule has 3 heterocycles. The molecule has 34 heavy (non-hydrogen) atoms. The van der Waals surface area contributed by atoms with E-state index in [-0.39, 0.29) is 17.4 Å². The van der Waals surface area contributed by atoms with Gasteiger partial charge in [0.15, 0.2) is 0 Å². The molecule has 0 radical (unpaired) electrons. The molecule has 1 fully saturated rings. The van der Waals surface area contributed by atoms with Gasteiger partial charge in [-0.1, -0.05) is 37.6 Å². The van der Waals surface area contributed by atoms with Crippen LogP contribution < -0.4 is 16.6 Å². The maximum absolute atomic E-state index is 13.3. The molecule has 9 nitrogen and oxygen atoms in total. The number of nitrogens with one attached hydrogen (secondary N) is 1. The van der Waals surface area contributed by atoms with Crippen molar-refractivity contribution in [1.82, 2.24) is 19.4 Å². The quantitative estimate of drug-likeness (QED) is 0.413. The first kappa shape index (κ1) is 23.7. The van der Waals surface area contributed by atoms with E-state index in [1.807, 2.05) is 12.1 Å². The Morgan fingerprint density at radius 3 is 2.44 bits per heavy atom. The van der Waals surface area contributed by atoms with E-state index >= 15 is 0 Å². The maximum atomic E-state index is 13.3. The number of aromatic nitrogens is 3. The first-order valence-corrected chi connectivity index (χ1v) is 11.9. The highest BCUT2D eigenvalue weighted by atomic mass is 16.4. The van der Waals surface area contributed by atoms with Crippen molar-refractivity contribution in [2.45, 2.75) is 45.7 Å². The zero-order valence-electron chi connectivity index (χ0n) is 19.5. The monoisotopic (exact) mass is 464 g/mol. The van der Waals surface area contributed by atoms with E-state index in [0.717, 1.165) is 38.0 Å². The fourth-order valence-corrected chi connectivity index (χ4v) is 4.38. The van der Waals surface area contributed by atoms with Crippen molar-refractivity contribution in [3.05, 3.63) is 58.0 Å². The summed E-state index contributed by atoms with van der Waals surface area (Å²) in [7, 11) is 0. The Bertz CT molecular complexity index is 1200. The van der Waals surface area contributed by atoms with Gasteiger partial charge in [-0.2, -0.15) is 4.98 Å². The SMILES string of the molecule is CCCCNc1nc(N)nc2ccn(Cc3ccc(CN4CCC(C(=O)O)CC4)cc3)c(=O)c12. The number of pyridine rings is 1. The molecule has 0 atom stereocenters. The number of carboxylic acid groups (broad SMARTS) is 1. The molecule has 9 heteroatoms. The fraction of sp³-hybridized carbons (Fsp3) is 0.440. The molecule has 180 valence electrons. The molecule has 3 aromatic rings. The highest BCUT2D eigenvalue weighted by Gasteiger charge is 2.24. The van der Waals surface area contributed by atoms with Gasteiger partial charge in [-0.05, 0) is 49.5 Å². The molecule has 4 N–H and O–H groups in total. The van der Waals surface area contributed by atoms with Crippen molar-refractivity contribution in [2.75, 3.05) is 30.7 Å². The Labute approximate surface area is 198 Å². The van der Waals surface area contributed by atoms with Crippen LogP contribution >= 0.6 is 0 Å². The summed E-state index contributed by atoms with van der Waals surface area (Å²) in [6.07, 6.45) is 5.14. The van der Waals surface area contributed by atoms with Crippen LogP contribution in [-0.4, -0.2) is 50.1 Å². The van der Waals surface area contributed by atoms with Crippen LogP contribution in [0.15, 0.2) is 41.3 Å². The van der Waals surface area contributed by atoms with Gasteiger partial charge in [0.1, 0.15) is 11.2 Å². The minimum atomic E-state index is -0.688. The first-order valence-electron chi connectivity index (χ1n) is 11.9. The number of hydrogen-bond acceptors (Lipinski definition) is 7. The Morgan fingerprint density at radius 1 is 1.12 bits per heavy atom. The van der Waals surface area contributed by atoms with E-state index in [0.29, 0.717) is 42.7 Å². The van der Waals surface area contributed by atoms with Gasteiger partial charge in [-0.3, -0.25) is 14.5 Å². The second-order valence-corrected chi connectivity index (χ2v) is 8.92. The number of carboxylic acids is 1. The number of carbonyl (C=O) groups is 1. The summed E-state index contributed by atoms with van der Waals surface area (Å²) in [5, 5.41) is 12.8. The van der Waals surface area contributed by atoms with E-state index in [2.05, 4.69) is 39.2 Å². The van der Waals surface area contributed by atoms with Gasteiger partial charge >= 0.3 is 5.97 Å². The van der Waals surface area contributed by atoms with Gasteiger partial charge in [0.25, 0.3) is 5.56 Å². The minimum Gasteiger partial charge on any atom is -0.481 e. The predicted molar refractivity (Wildman–Crippen MR) is 133 cm³/mol. The average molecular weight is 465 g/mol. The first-order chi connectivity index (χ1) is 16.4. The molecule has 1 aliphatic heterocycles. The third kappa shape index (κ3) is 5.53. The largest absolute Gasteiger partial charge is 0.481 e. The van der Waals surface area contributed by atoms with Crippen molar-refractivity contribution < 1.29 is 9.90 Å². The summed E-state index contributed by atoms with van der Waals surface area (Å²) in [6.45, 7) is 5.66. The van der Waals surface area contributed by atoms with Gasteiger partial charge in [0.2, 0.25) is 5.95 Å². The van der Waals surface area contributed by atoms with Crippen LogP contribution in [0.3, 0.4) is 0 Å². The number of piperidine rings is 1.